The van der Waals surface area contributed by atoms with Crippen molar-refractivity contribution in [3.63, 3.8) is 0 Å². The van der Waals surface area contributed by atoms with Crippen LogP contribution in [-0.2, 0) is 0 Å². The van der Waals surface area contributed by atoms with Crippen molar-refractivity contribution < 1.29 is 5.11 Å². The number of hydrogen-bond acceptors (Lipinski definition) is 1. The van der Waals surface area contributed by atoms with Gasteiger partial charge in [0.1, 0.15) is 0 Å². The molecule has 0 saturated heterocycles. The van der Waals surface area contributed by atoms with E-state index in [-0.39, 0.29) is 0 Å². The lowest BCUT2D eigenvalue weighted by Gasteiger charge is -2.05. The van der Waals surface area contributed by atoms with Gasteiger partial charge in [0.2, 0.25) is 0 Å². The van der Waals surface area contributed by atoms with Crippen molar-refractivity contribution in [2.75, 3.05) is 6.61 Å². The number of hydrogen-bond donors (Lipinski definition) is 1. The molecule has 1 atom stereocenters. The molecule has 0 spiro atoms. The van der Waals surface area contributed by atoms with E-state index in [9.17, 15) is 0 Å². The van der Waals surface area contributed by atoms with Gasteiger partial charge in [0.15, 0.2) is 0 Å². The third-order valence-corrected chi connectivity index (χ3v) is 2.99. The molecular weight excluding hydrogens is 196 g/mol. The summed E-state index contributed by atoms with van der Waals surface area (Å²) < 4.78 is 0. The van der Waals surface area contributed by atoms with Crippen LogP contribution in [0.4, 0.5) is 0 Å². The van der Waals surface area contributed by atoms with Gasteiger partial charge in [-0.05, 0) is 25.2 Å². The van der Waals surface area contributed by atoms with E-state index in [0.29, 0.717) is 6.61 Å². The summed E-state index contributed by atoms with van der Waals surface area (Å²) in [6, 6.07) is 0. The highest BCUT2D eigenvalue weighted by Gasteiger charge is 1.97. The van der Waals surface area contributed by atoms with E-state index in [1.807, 2.05) is 0 Å². The zero-order valence-corrected chi connectivity index (χ0v) is 11.3. The second kappa shape index (κ2) is 12.8. The summed E-state index contributed by atoms with van der Waals surface area (Å²) in [6.07, 6.45) is 16.0. The molecule has 0 heterocycles. The normalized spacial score (nSPS) is 13.4. The van der Waals surface area contributed by atoms with Gasteiger partial charge in [0.05, 0.1) is 0 Å². The first-order valence-corrected chi connectivity index (χ1v) is 7.08. The number of rotatable bonds is 11. The summed E-state index contributed by atoms with van der Waals surface area (Å²) >= 11 is 0. The molecule has 1 heteroatoms. The van der Waals surface area contributed by atoms with Crippen LogP contribution in [0.2, 0.25) is 0 Å². The standard InChI is InChI=1S/C15H30O/c1-3-4-9-12-15(2)13-10-7-5-6-8-11-14-16/h9,12,15-16H,3-8,10-11,13-14H2,1-2H3. The van der Waals surface area contributed by atoms with Crippen molar-refractivity contribution in [1.82, 2.24) is 0 Å². The van der Waals surface area contributed by atoms with E-state index >= 15 is 0 Å². The van der Waals surface area contributed by atoms with E-state index in [4.69, 9.17) is 5.11 Å². The molecule has 0 aliphatic heterocycles. The Morgan fingerprint density at radius 2 is 1.62 bits per heavy atom. The Hall–Kier alpha value is -0.300. The minimum atomic E-state index is 0.360. The van der Waals surface area contributed by atoms with E-state index in [1.165, 1.54) is 51.4 Å². The van der Waals surface area contributed by atoms with Gasteiger partial charge in [0, 0.05) is 6.61 Å². The molecule has 0 saturated carbocycles. The molecule has 0 aromatic heterocycles. The van der Waals surface area contributed by atoms with Gasteiger partial charge in [-0.15, -0.1) is 0 Å². The van der Waals surface area contributed by atoms with Crippen molar-refractivity contribution in [3.8, 4) is 0 Å². The van der Waals surface area contributed by atoms with Crippen LogP contribution >= 0.6 is 0 Å². The smallest absolute Gasteiger partial charge is 0.0431 e. The summed E-state index contributed by atoms with van der Waals surface area (Å²) in [5.74, 6) is 0.754. The fraction of sp³-hybridized carbons (Fsp3) is 0.867. The minimum Gasteiger partial charge on any atom is -0.396 e. The molecule has 0 aliphatic rings. The van der Waals surface area contributed by atoms with Gasteiger partial charge >= 0.3 is 0 Å². The monoisotopic (exact) mass is 226 g/mol. The molecule has 1 nitrogen and oxygen atoms in total. The molecule has 0 amide bonds. The van der Waals surface area contributed by atoms with Crippen molar-refractivity contribution in [2.45, 2.75) is 71.6 Å². The lowest BCUT2D eigenvalue weighted by atomic mass is 10.0. The number of aliphatic hydroxyl groups excluding tert-OH is 1. The average Bonchev–Trinajstić information content (AvgIpc) is 2.28. The Balaban J connectivity index is 3.17. The van der Waals surface area contributed by atoms with Crippen LogP contribution in [0.25, 0.3) is 0 Å². The second-order valence-electron chi connectivity index (χ2n) is 4.83. The Kier molecular flexibility index (Phi) is 12.5. The Labute approximate surface area is 102 Å². The molecule has 0 aliphatic carbocycles. The summed E-state index contributed by atoms with van der Waals surface area (Å²) in [7, 11) is 0. The minimum absolute atomic E-state index is 0.360. The molecule has 0 aromatic rings. The average molecular weight is 226 g/mol. The van der Waals surface area contributed by atoms with Gasteiger partial charge in [-0.25, -0.2) is 0 Å². The van der Waals surface area contributed by atoms with Crippen LogP contribution in [0.15, 0.2) is 12.2 Å². The number of unbranched alkanes of at least 4 members (excludes halogenated alkanes) is 6. The predicted octanol–water partition coefficient (Wildman–Crippen LogP) is 4.70. The SMILES string of the molecule is CCCC=CC(C)CCCCCCCCO. The van der Waals surface area contributed by atoms with E-state index in [1.54, 1.807) is 0 Å². The van der Waals surface area contributed by atoms with Gasteiger partial charge in [-0.3, -0.25) is 0 Å². The maximum atomic E-state index is 8.64. The summed E-state index contributed by atoms with van der Waals surface area (Å²) in [5.41, 5.74) is 0. The zero-order chi connectivity index (χ0) is 12.1. The molecule has 0 fully saturated rings. The Morgan fingerprint density at radius 1 is 1.00 bits per heavy atom. The van der Waals surface area contributed by atoms with Crippen molar-refractivity contribution in [3.05, 3.63) is 12.2 Å². The first-order valence-electron chi connectivity index (χ1n) is 7.08. The maximum Gasteiger partial charge on any atom is 0.0431 e. The van der Waals surface area contributed by atoms with Crippen LogP contribution in [0.3, 0.4) is 0 Å². The highest BCUT2D eigenvalue weighted by molar-refractivity contribution is 4.85. The molecule has 1 N–H and O–H groups in total. The second-order valence-corrected chi connectivity index (χ2v) is 4.83. The third-order valence-electron chi connectivity index (χ3n) is 2.99. The van der Waals surface area contributed by atoms with E-state index < -0.39 is 0 Å². The summed E-state index contributed by atoms with van der Waals surface area (Å²) in [6.45, 7) is 4.90. The molecule has 16 heavy (non-hydrogen) atoms. The first kappa shape index (κ1) is 15.7. The molecule has 0 bridgehead atoms. The van der Waals surface area contributed by atoms with E-state index in [0.717, 1.165) is 12.3 Å². The largest absolute Gasteiger partial charge is 0.396 e. The van der Waals surface area contributed by atoms with Crippen LogP contribution in [0.1, 0.15) is 71.6 Å². The van der Waals surface area contributed by atoms with Crippen LogP contribution in [0.5, 0.6) is 0 Å². The Bertz CT molecular complexity index is 152. The van der Waals surface area contributed by atoms with Crippen molar-refractivity contribution in [2.24, 2.45) is 5.92 Å². The van der Waals surface area contributed by atoms with Crippen molar-refractivity contribution >= 4 is 0 Å². The van der Waals surface area contributed by atoms with Crippen LogP contribution < -0.4 is 0 Å². The van der Waals surface area contributed by atoms with Crippen LogP contribution in [0, 0.1) is 5.92 Å². The topological polar surface area (TPSA) is 20.2 Å². The van der Waals surface area contributed by atoms with Crippen molar-refractivity contribution in [1.29, 1.82) is 0 Å². The third kappa shape index (κ3) is 11.8. The molecular formula is C15H30O. The van der Waals surface area contributed by atoms with Gasteiger partial charge in [-0.1, -0.05) is 64.5 Å². The fourth-order valence-corrected chi connectivity index (χ4v) is 1.88. The molecule has 0 radical (unpaired) electrons. The van der Waals surface area contributed by atoms with E-state index in [2.05, 4.69) is 26.0 Å². The van der Waals surface area contributed by atoms with Crippen LogP contribution in [-0.4, -0.2) is 11.7 Å². The number of aliphatic hydroxyl groups is 1. The zero-order valence-electron chi connectivity index (χ0n) is 11.3. The lowest BCUT2D eigenvalue weighted by molar-refractivity contribution is 0.282. The fourth-order valence-electron chi connectivity index (χ4n) is 1.88. The quantitative estimate of drug-likeness (QED) is 0.400. The maximum absolute atomic E-state index is 8.64. The number of allylic oxidation sites excluding steroid dienone is 2. The van der Waals surface area contributed by atoms with Gasteiger partial charge < -0.3 is 5.11 Å². The summed E-state index contributed by atoms with van der Waals surface area (Å²) in [5, 5.41) is 8.64. The lowest BCUT2D eigenvalue weighted by Crippen LogP contribution is -1.90. The summed E-state index contributed by atoms with van der Waals surface area (Å²) in [4.78, 5) is 0. The molecule has 0 rings (SSSR count). The molecule has 96 valence electrons. The van der Waals surface area contributed by atoms with Gasteiger partial charge in [0.25, 0.3) is 0 Å². The molecule has 0 aromatic carbocycles. The van der Waals surface area contributed by atoms with Gasteiger partial charge in [-0.2, -0.15) is 0 Å². The highest BCUT2D eigenvalue weighted by atomic mass is 16.2. The predicted molar refractivity (Wildman–Crippen MR) is 72.6 cm³/mol. The Morgan fingerprint density at radius 3 is 2.25 bits per heavy atom. The first-order chi connectivity index (χ1) is 7.81. The molecule has 1 unspecified atom stereocenters. The highest BCUT2D eigenvalue weighted by Crippen LogP contribution is 2.13.